The van der Waals surface area contributed by atoms with Crippen molar-refractivity contribution >= 4 is 45.7 Å². The molecule has 45 heavy (non-hydrogen) atoms. The molecule has 4 unspecified atom stereocenters. The van der Waals surface area contributed by atoms with Gasteiger partial charge >= 0.3 is 11.9 Å². The van der Waals surface area contributed by atoms with E-state index in [1.165, 1.54) is 37.0 Å². The highest BCUT2D eigenvalue weighted by Crippen LogP contribution is 2.48. The Balaban J connectivity index is 0.000000700. The largest absolute Gasteiger partial charge is 0.479 e. The van der Waals surface area contributed by atoms with Gasteiger partial charge < -0.3 is 26.0 Å². The third kappa shape index (κ3) is 8.62. The summed E-state index contributed by atoms with van der Waals surface area (Å²) in [6.45, 7) is 9.54. The van der Waals surface area contributed by atoms with Gasteiger partial charge in [0.1, 0.15) is 5.75 Å². The molecule has 12 heteroatoms. The molecule has 10 nitrogen and oxygen atoms in total. The van der Waals surface area contributed by atoms with E-state index < -0.39 is 18.0 Å². The average Bonchev–Trinajstić information content (AvgIpc) is 3.68. The average molecular weight is 657 g/mol. The fraction of sp³-hybridized carbons (Fsp3) is 0.515. The fourth-order valence-electron chi connectivity index (χ4n) is 6.87. The number of carbonyl (C=O) groups is 3. The third-order valence-electron chi connectivity index (χ3n) is 8.78. The van der Waals surface area contributed by atoms with E-state index in [1.54, 1.807) is 11.3 Å². The molecular formula is C33H44N4O6S2. The molecule has 1 saturated heterocycles. The number of benzene rings is 1. The van der Waals surface area contributed by atoms with Crippen molar-refractivity contribution in [3.63, 3.8) is 0 Å². The van der Waals surface area contributed by atoms with Gasteiger partial charge in [-0.3, -0.25) is 9.69 Å². The molecule has 3 heterocycles. The Morgan fingerprint density at radius 1 is 1.07 bits per heavy atom. The molecule has 244 valence electrons. The number of carboxylic acids is 2. The van der Waals surface area contributed by atoms with E-state index in [9.17, 15) is 4.79 Å². The van der Waals surface area contributed by atoms with E-state index in [-0.39, 0.29) is 11.4 Å². The van der Waals surface area contributed by atoms with Gasteiger partial charge in [-0.25, -0.2) is 14.6 Å². The zero-order chi connectivity index (χ0) is 32.6. The highest BCUT2D eigenvalue weighted by molar-refractivity contribution is 7.16. The van der Waals surface area contributed by atoms with Gasteiger partial charge in [0.15, 0.2) is 11.2 Å². The van der Waals surface area contributed by atoms with Crippen molar-refractivity contribution < 1.29 is 29.3 Å². The van der Waals surface area contributed by atoms with Gasteiger partial charge in [-0.2, -0.15) is 0 Å². The maximum Gasteiger partial charge on any atom is 0.414 e. The van der Waals surface area contributed by atoms with E-state index >= 15 is 0 Å². The number of carbonyl (C=O) groups excluding carboxylic acids is 1. The van der Waals surface area contributed by atoms with Gasteiger partial charge in [0.2, 0.25) is 0 Å². The highest BCUT2D eigenvalue weighted by Gasteiger charge is 2.57. The van der Waals surface area contributed by atoms with Crippen LogP contribution in [0.25, 0.3) is 10.6 Å². The number of amides is 1. The van der Waals surface area contributed by atoms with Crippen LogP contribution in [0.5, 0.6) is 5.75 Å². The predicted octanol–water partition coefficient (Wildman–Crippen LogP) is 5.99. The summed E-state index contributed by atoms with van der Waals surface area (Å²) in [5.74, 6) is -1.52. The van der Waals surface area contributed by atoms with Gasteiger partial charge in [0.05, 0.1) is 22.7 Å². The molecule has 1 aliphatic heterocycles. The van der Waals surface area contributed by atoms with Crippen LogP contribution in [0, 0.1) is 17.8 Å². The van der Waals surface area contributed by atoms with Crippen LogP contribution in [0.15, 0.2) is 47.8 Å². The SMILES string of the molecule is CC1CCC(C(C)C)C(C(Oc2ccccc2)C(=O)NCc2ccc(-c3csc(N)n3)s2)(N2CCCCC2)C1.O=C(O)C(=O)O. The molecule has 0 bridgehead atoms. The van der Waals surface area contributed by atoms with Crippen LogP contribution in [0.4, 0.5) is 5.13 Å². The lowest BCUT2D eigenvalue weighted by molar-refractivity contribution is -0.159. The van der Waals surface area contributed by atoms with Crippen molar-refractivity contribution in [2.75, 3.05) is 18.8 Å². The Kier molecular flexibility index (Phi) is 12.0. The molecule has 5 rings (SSSR count). The van der Waals surface area contributed by atoms with E-state index in [0.29, 0.717) is 29.4 Å². The maximum absolute atomic E-state index is 14.3. The summed E-state index contributed by atoms with van der Waals surface area (Å²) >= 11 is 3.09. The lowest BCUT2D eigenvalue weighted by Gasteiger charge is -2.57. The smallest absolute Gasteiger partial charge is 0.414 e. The molecule has 1 aromatic carbocycles. The van der Waals surface area contributed by atoms with E-state index in [2.05, 4.69) is 48.1 Å². The molecule has 2 aliphatic rings. The number of hydrogen-bond donors (Lipinski definition) is 4. The molecule has 0 radical (unpaired) electrons. The number of carboxylic acid groups (broad SMARTS) is 2. The summed E-state index contributed by atoms with van der Waals surface area (Å²) < 4.78 is 6.79. The number of thiophene rings is 1. The summed E-state index contributed by atoms with van der Waals surface area (Å²) in [4.78, 5) is 41.8. The van der Waals surface area contributed by atoms with Gasteiger partial charge in [-0.15, -0.1) is 22.7 Å². The topological polar surface area (TPSA) is 155 Å². The normalized spacial score (nSPS) is 22.6. The number of hydrogen-bond acceptors (Lipinski definition) is 9. The van der Waals surface area contributed by atoms with Crippen molar-refractivity contribution in [1.29, 1.82) is 0 Å². The summed E-state index contributed by atoms with van der Waals surface area (Å²) in [6, 6.07) is 14.1. The maximum atomic E-state index is 14.3. The van der Waals surface area contributed by atoms with Crippen molar-refractivity contribution in [2.45, 2.75) is 77.5 Å². The standard InChI is InChI=1S/C31H42N4O2S2.C2H2O4/c1-21(2)25-14-12-22(3)18-31(25,35-16-8-5-9-17-35)28(37-23-10-6-4-7-11-23)29(36)33-19-24-13-15-27(39-24)26-20-38-30(32)34-26;3-1(4)2(5)6/h4,6-7,10-11,13,15,20-22,25,28H,5,8-9,12,14,16-19H2,1-3H3,(H2,32,34)(H,33,36);(H,3,4)(H,5,6). The van der Waals surface area contributed by atoms with Gasteiger partial charge in [0, 0.05) is 10.3 Å². The van der Waals surface area contributed by atoms with Crippen molar-refractivity contribution in [2.24, 2.45) is 17.8 Å². The molecule has 1 amide bonds. The number of nitrogens with zero attached hydrogens (tertiary/aromatic N) is 2. The molecule has 5 N–H and O–H groups in total. The van der Waals surface area contributed by atoms with Crippen LogP contribution in [0.1, 0.15) is 64.2 Å². The van der Waals surface area contributed by atoms with Crippen LogP contribution in [-0.4, -0.2) is 62.7 Å². The Morgan fingerprint density at radius 3 is 2.36 bits per heavy atom. The number of thiazole rings is 1. The summed E-state index contributed by atoms with van der Waals surface area (Å²) in [5, 5.41) is 20.6. The van der Waals surface area contributed by atoms with E-state index in [0.717, 1.165) is 47.1 Å². The van der Waals surface area contributed by atoms with Gasteiger partial charge in [-0.1, -0.05) is 51.8 Å². The van der Waals surface area contributed by atoms with Crippen LogP contribution in [0.3, 0.4) is 0 Å². The number of anilines is 1. The number of piperidine rings is 1. The van der Waals surface area contributed by atoms with Crippen LogP contribution in [0.2, 0.25) is 0 Å². The lowest BCUT2D eigenvalue weighted by Crippen LogP contribution is -2.70. The first-order valence-corrected chi connectivity index (χ1v) is 17.2. The fourth-order valence-corrected chi connectivity index (χ4v) is 8.42. The van der Waals surface area contributed by atoms with Gasteiger partial charge in [0.25, 0.3) is 5.91 Å². The van der Waals surface area contributed by atoms with Crippen LogP contribution < -0.4 is 15.8 Å². The molecule has 3 aromatic rings. The second kappa shape index (κ2) is 15.7. The molecule has 0 spiro atoms. The highest BCUT2D eigenvalue weighted by atomic mass is 32.1. The Labute approximate surface area is 272 Å². The number of para-hydroxylation sites is 1. The number of rotatable bonds is 9. The molecular weight excluding hydrogens is 613 g/mol. The Morgan fingerprint density at radius 2 is 1.76 bits per heavy atom. The molecule has 2 fully saturated rings. The number of nitrogen functional groups attached to an aromatic ring is 1. The van der Waals surface area contributed by atoms with Gasteiger partial charge in [-0.05, 0) is 80.8 Å². The van der Waals surface area contributed by atoms with Crippen LogP contribution in [-0.2, 0) is 20.9 Å². The van der Waals surface area contributed by atoms with Crippen molar-refractivity contribution in [3.8, 4) is 16.3 Å². The monoisotopic (exact) mass is 656 g/mol. The van der Waals surface area contributed by atoms with E-state index in [1.807, 2.05) is 35.7 Å². The van der Waals surface area contributed by atoms with Crippen molar-refractivity contribution in [1.82, 2.24) is 15.2 Å². The number of ether oxygens (including phenoxy) is 1. The third-order valence-corrected chi connectivity index (χ3v) is 10.6. The molecule has 2 aromatic heterocycles. The summed E-state index contributed by atoms with van der Waals surface area (Å²) in [6.07, 6.45) is 6.34. The minimum absolute atomic E-state index is 0.0166. The first-order chi connectivity index (χ1) is 21.5. The minimum Gasteiger partial charge on any atom is -0.479 e. The number of aromatic nitrogens is 1. The lowest BCUT2D eigenvalue weighted by atomic mass is 9.61. The summed E-state index contributed by atoms with van der Waals surface area (Å²) in [5.41, 5.74) is 6.39. The van der Waals surface area contributed by atoms with Crippen LogP contribution >= 0.6 is 22.7 Å². The second-order valence-electron chi connectivity index (χ2n) is 12.3. The zero-order valence-electron chi connectivity index (χ0n) is 26.1. The minimum atomic E-state index is -1.82. The number of aliphatic carboxylic acids is 2. The molecule has 4 atom stereocenters. The van der Waals surface area contributed by atoms with E-state index in [4.69, 9.17) is 30.3 Å². The number of nitrogens with one attached hydrogen (secondary N) is 1. The van der Waals surface area contributed by atoms with Crippen molar-refractivity contribution in [3.05, 3.63) is 52.7 Å². The molecule has 1 aliphatic carbocycles. The predicted molar refractivity (Wildman–Crippen MR) is 177 cm³/mol. The first kappa shape index (κ1) is 34.4. The zero-order valence-corrected chi connectivity index (χ0v) is 27.7. The Hall–Kier alpha value is -3.48. The quantitative estimate of drug-likeness (QED) is 0.203. The number of likely N-dealkylation sites (tertiary alicyclic amines) is 1. The second-order valence-corrected chi connectivity index (χ2v) is 14.3. The summed E-state index contributed by atoms with van der Waals surface area (Å²) in [7, 11) is 0. The molecule has 1 saturated carbocycles. The first-order valence-electron chi connectivity index (χ1n) is 15.5. The number of nitrogens with two attached hydrogens (primary N) is 1. The Bertz CT molecular complexity index is 1410.